The Bertz CT molecular complexity index is 802. The van der Waals surface area contributed by atoms with E-state index in [2.05, 4.69) is 20.2 Å². The van der Waals surface area contributed by atoms with Crippen molar-refractivity contribution in [2.24, 2.45) is 0 Å². The second kappa shape index (κ2) is 9.69. The highest BCUT2D eigenvalue weighted by atomic mass is 19.4. The average molecular weight is 408 g/mol. The van der Waals surface area contributed by atoms with Crippen molar-refractivity contribution >= 4 is 5.91 Å². The van der Waals surface area contributed by atoms with Crippen LogP contribution in [-0.4, -0.2) is 46.1 Å². The molecule has 0 aromatic carbocycles. The molecule has 3 rings (SSSR count). The molecule has 0 saturated carbocycles. The van der Waals surface area contributed by atoms with E-state index in [1.807, 2.05) is 12.1 Å². The van der Waals surface area contributed by atoms with E-state index in [9.17, 15) is 18.0 Å². The highest BCUT2D eigenvalue weighted by molar-refractivity contribution is 5.81. The van der Waals surface area contributed by atoms with Gasteiger partial charge in [0.15, 0.2) is 6.61 Å². The lowest BCUT2D eigenvalue weighted by atomic mass is 10.0. The number of carbonyl (C=O) groups excluding carboxylic acids is 1. The smallest absolute Gasteiger partial charge is 0.422 e. The molecule has 0 spiro atoms. The van der Waals surface area contributed by atoms with Gasteiger partial charge >= 0.3 is 6.18 Å². The molecule has 29 heavy (non-hydrogen) atoms. The van der Waals surface area contributed by atoms with Gasteiger partial charge in [0.25, 0.3) is 0 Å². The van der Waals surface area contributed by atoms with Crippen LogP contribution in [0.5, 0.6) is 5.88 Å². The molecule has 0 aliphatic carbocycles. The van der Waals surface area contributed by atoms with Gasteiger partial charge in [0, 0.05) is 37.2 Å². The van der Waals surface area contributed by atoms with Crippen molar-refractivity contribution in [3.63, 3.8) is 0 Å². The highest BCUT2D eigenvalue weighted by Crippen LogP contribution is 2.22. The SMILES string of the molecule is O=C(NCc1cccnc1OCC(F)(F)F)C1CCCCN1Cc1ccncc1. The minimum absolute atomic E-state index is 0.0550. The minimum Gasteiger partial charge on any atom is -0.468 e. The van der Waals surface area contributed by atoms with Crippen LogP contribution in [-0.2, 0) is 17.9 Å². The van der Waals surface area contributed by atoms with Gasteiger partial charge in [-0.15, -0.1) is 0 Å². The maximum absolute atomic E-state index is 12.8. The number of alkyl halides is 3. The van der Waals surface area contributed by atoms with Crippen LogP contribution >= 0.6 is 0 Å². The summed E-state index contributed by atoms with van der Waals surface area (Å²) in [6.45, 7) is 0.0907. The Kier molecular flexibility index (Phi) is 7.03. The molecule has 2 aromatic rings. The van der Waals surface area contributed by atoms with Crippen LogP contribution in [0.3, 0.4) is 0 Å². The number of aromatic nitrogens is 2. The van der Waals surface area contributed by atoms with Gasteiger partial charge in [0.05, 0.1) is 6.04 Å². The number of carbonyl (C=O) groups is 1. The first-order valence-electron chi connectivity index (χ1n) is 9.46. The van der Waals surface area contributed by atoms with E-state index in [-0.39, 0.29) is 24.4 Å². The van der Waals surface area contributed by atoms with Crippen LogP contribution in [0.15, 0.2) is 42.9 Å². The number of nitrogens with zero attached hydrogens (tertiary/aromatic N) is 3. The van der Waals surface area contributed by atoms with Gasteiger partial charge < -0.3 is 10.1 Å². The van der Waals surface area contributed by atoms with Crippen molar-refractivity contribution in [1.82, 2.24) is 20.2 Å². The summed E-state index contributed by atoms with van der Waals surface area (Å²) in [5, 5.41) is 2.83. The van der Waals surface area contributed by atoms with Gasteiger partial charge in [-0.05, 0) is 43.1 Å². The Morgan fingerprint density at radius 3 is 2.76 bits per heavy atom. The summed E-state index contributed by atoms with van der Waals surface area (Å²) in [5.74, 6) is -0.271. The molecule has 6 nitrogen and oxygen atoms in total. The van der Waals surface area contributed by atoms with Crippen LogP contribution in [0.25, 0.3) is 0 Å². The highest BCUT2D eigenvalue weighted by Gasteiger charge is 2.30. The summed E-state index contributed by atoms with van der Waals surface area (Å²) < 4.78 is 42.0. The average Bonchev–Trinajstić information content (AvgIpc) is 2.71. The standard InChI is InChI=1S/C20H23F3N4O2/c21-20(22,23)14-29-19-16(4-3-8-25-19)12-26-18(28)17-5-1-2-11-27(17)13-15-6-9-24-10-7-15/h3-4,6-10,17H,1-2,5,11-14H2,(H,26,28). The third-order valence-corrected chi connectivity index (χ3v) is 4.73. The van der Waals surface area contributed by atoms with Crippen LogP contribution in [0.2, 0.25) is 0 Å². The Morgan fingerprint density at radius 1 is 1.21 bits per heavy atom. The van der Waals surface area contributed by atoms with E-state index in [0.29, 0.717) is 12.1 Å². The second-order valence-corrected chi connectivity index (χ2v) is 6.93. The maximum Gasteiger partial charge on any atom is 0.422 e. The minimum atomic E-state index is -4.45. The number of pyridine rings is 2. The quantitative estimate of drug-likeness (QED) is 0.763. The predicted octanol–water partition coefficient (Wildman–Crippen LogP) is 3.09. The van der Waals surface area contributed by atoms with Crippen LogP contribution in [0.1, 0.15) is 30.4 Å². The fraction of sp³-hybridized carbons (Fsp3) is 0.450. The molecule has 1 fully saturated rings. The molecule has 1 aliphatic rings. The van der Waals surface area contributed by atoms with E-state index in [4.69, 9.17) is 4.74 Å². The van der Waals surface area contributed by atoms with E-state index in [1.54, 1.807) is 24.5 Å². The van der Waals surface area contributed by atoms with Crippen molar-refractivity contribution in [3.05, 3.63) is 54.0 Å². The first-order valence-corrected chi connectivity index (χ1v) is 9.46. The summed E-state index contributed by atoms with van der Waals surface area (Å²) in [5.41, 5.74) is 1.48. The van der Waals surface area contributed by atoms with E-state index >= 15 is 0 Å². The first kappa shape index (κ1) is 21.0. The number of ether oxygens (including phenoxy) is 1. The Labute approximate surface area is 167 Å². The van der Waals surface area contributed by atoms with Crippen molar-refractivity contribution in [1.29, 1.82) is 0 Å². The molecule has 1 atom stereocenters. The van der Waals surface area contributed by atoms with Gasteiger partial charge in [0.2, 0.25) is 11.8 Å². The number of amides is 1. The molecular formula is C20H23F3N4O2. The zero-order valence-corrected chi connectivity index (χ0v) is 15.9. The lowest BCUT2D eigenvalue weighted by Gasteiger charge is -2.34. The van der Waals surface area contributed by atoms with Gasteiger partial charge in [-0.1, -0.05) is 12.5 Å². The number of nitrogens with one attached hydrogen (secondary N) is 1. The fourth-order valence-corrected chi connectivity index (χ4v) is 3.34. The summed E-state index contributed by atoms with van der Waals surface area (Å²) >= 11 is 0. The van der Waals surface area contributed by atoms with Crippen LogP contribution in [0, 0.1) is 0 Å². The van der Waals surface area contributed by atoms with Gasteiger partial charge in [-0.25, -0.2) is 4.98 Å². The summed E-state index contributed by atoms with van der Waals surface area (Å²) in [6, 6.07) is 6.74. The third kappa shape index (κ3) is 6.42. The van der Waals surface area contributed by atoms with E-state index in [0.717, 1.165) is 31.4 Å². The maximum atomic E-state index is 12.8. The van der Waals surface area contributed by atoms with Gasteiger partial charge in [0.1, 0.15) is 0 Å². The largest absolute Gasteiger partial charge is 0.468 e. The first-order chi connectivity index (χ1) is 13.9. The number of hydrogen-bond donors (Lipinski definition) is 1. The van der Waals surface area contributed by atoms with Crippen LogP contribution in [0.4, 0.5) is 13.2 Å². The molecule has 2 aromatic heterocycles. The van der Waals surface area contributed by atoms with E-state index < -0.39 is 12.8 Å². The summed E-state index contributed by atoms with van der Waals surface area (Å²) in [6.07, 6.45) is 3.06. The molecule has 1 aliphatic heterocycles. The van der Waals surface area contributed by atoms with Crippen molar-refractivity contribution < 1.29 is 22.7 Å². The Morgan fingerprint density at radius 2 is 2.00 bits per heavy atom. The molecule has 0 bridgehead atoms. The van der Waals surface area contributed by atoms with Crippen molar-refractivity contribution in [2.75, 3.05) is 13.2 Å². The Hall–Kier alpha value is -2.68. The van der Waals surface area contributed by atoms with Gasteiger partial charge in [-0.2, -0.15) is 13.2 Å². The lowest BCUT2D eigenvalue weighted by Crippen LogP contribution is -2.48. The summed E-state index contributed by atoms with van der Waals surface area (Å²) in [4.78, 5) is 22.8. The molecule has 156 valence electrons. The molecule has 0 radical (unpaired) electrons. The molecule has 9 heteroatoms. The van der Waals surface area contributed by atoms with Gasteiger partial charge in [-0.3, -0.25) is 14.7 Å². The molecule has 1 N–H and O–H groups in total. The van der Waals surface area contributed by atoms with Crippen LogP contribution < -0.4 is 10.1 Å². The molecule has 1 saturated heterocycles. The van der Waals surface area contributed by atoms with Crippen molar-refractivity contribution in [3.8, 4) is 5.88 Å². The molecular weight excluding hydrogens is 385 g/mol. The zero-order valence-electron chi connectivity index (χ0n) is 15.9. The number of likely N-dealkylation sites (tertiary alicyclic amines) is 1. The molecule has 1 amide bonds. The predicted molar refractivity (Wildman–Crippen MR) is 99.9 cm³/mol. The monoisotopic (exact) mass is 408 g/mol. The number of hydrogen-bond acceptors (Lipinski definition) is 5. The number of piperidine rings is 1. The Balaban J connectivity index is 1.60. The number of rotatable bonds is 7. The van der Waals surface area contributed by atoms with E-state index in [1.165, 1.54) is 6.20 Å². The topological polar surface area (TPSA) is 67.3 Å². The second-order valence-electron chi connectivity index (χ2n) is 6.93. The molecule has 1 unspecified atom stereocenters. The zero-order chi connectivity index (χ0) is 20.7. The normalized spacial score (nSPS) is 17.7. The fourth-order valence-electron chi connectivity index (χ4n) is 3.34. The lowest BCUT2D eigenvalue weighted by molar-refractivity contribution is -0.154. The summed E-state index contributed by atoms with van der Waals surface area (Å²) in [7, 11) is 0. The number of halogens is 3. The van der Waals surface area contributed by atoms with Crippen molar-refractivity contribution in [2.45, 2.75) is 44.6 Å². The third-order valence-electron chi connectivity index (χ3n) is 4.73. The molecule has 3 heterocycles.